The average molecular weight is 283 g/mol. The van der Waals surface area contributed by atoms with Crippen LogP contribution in [0.1, 0.15) is 30.8 Å². The van der Waals surface area contributed by atoms with E-state index in [1.54, 1.807) is 0 Å². The van der Waals surface area contributed by atoms with E-state index in [-0.39, 0.29) is 11.3 Å². The fourth-order valence-electron chi connectivity index (χ4n) is 1.55. The van der Waals surface area contributed by atoms with Gasteiger partial charge in [0.15, 0.2) is 6.04 Å². The molecule has 1 heterocycles. The zero-order valence-electron chi connectivity index (χ0n) is 11.2. The van der Waals surface area contributed by atoms with Crippen molar-refractivity contribution in [2.24, 2.45) is 0 Å². The Morgan fingerprint density at radius 1 is 1.45 bits per heavy atom. The van der Waals surface area contributed by atoms with Crippen LogP contribution in [0.25, 0.3) is 0 Å². The van der Waals surface area contributed by atoms with Crippen LogP contribution in [0, 0.1) is 0 Å². The molecule has 110 valence electrons. The summed E-state index contributed by atoms with van der Waals surface area (Å²) >= 11 is 0. The molecule has 8 nitrogen and oxygen atoms in total. The predicted molar refractivity (Wildman–Crippen MR) is 69.4 cm³/mol. The molecule has 0 radical (unpaired) electrons. The SMILES string of the molecule is CCCn1nc(C(=O)N[C@H](C(=O)O)[C@@H](C)O)ccc1=O. The van der Waals surface area contributed by atoms with Crippen molar-refractivity contribution in [1.82, 2.24) is 15.1 Å². The standard InChI is InChI=1S/C12H17N3O5/c1-3-6-15-9(17)5-4-8(14-15)11(18)13-10(7(2)16)12(19)20/h4-5,7,10,16H,3,6H2,1-2H3,(H,13,18)(H,19,20)/t7-,10+/m1/s1. The molecule has 0 saturated heterocycles. The van der Waals surface area contributed by atoms with Gasteiger partial charge in [0.2, 0.25) is 0 Å². The third kappa shape index (κ3) is 3.89. The van der Waals surface area contributed by atoms with Gasteiger partial charge in [0.05, 0.1) is 6.10 Å². The average Bonchev–Trinajstić information content (AvgIpc) is 2.37. The number of aryl methyl sites for hydroxylation is 1. The molecule has 1 amide bonds. The van der Waals surface area contributed by atoms with Crippen LogP contribution in [-0.4, -0.2) is 44.0 Å². The molecule has 0 spiro atoms. The first-order chi connectivity index (χ1) is 9.36. The van der Waals surface area contributed by atoms with E-state index in [0.29, 0.717) is 13.0 Å². The number of carboxylic acid groups (broad SMARTS) is 1. The fraction of sp³-hybridized carbons (Fsp3) is 0.500. The zero-order chi connectivity index (χ0) is 15.3. The van der Waals surface area contributed by atoms with E-state index in [1.807, 2.05) is 6.92 Å². The van der Waals surface area contributed by atoms with Gasteiger partial charge in [-0.05, 0) is 19.4 Å². The Balaban J connectivity index is 2.95. The fourth-order valence-corrected chi connectivity index (χ4v) is 1.55. The Bertz CT molecular complexity index is 552. The highest BCUT2D eigenvalue weighted by molar-refractivity contribution is 5.94. The molecule has 0 aliphatic rings. The maximum Gasteiger partial charge on any atom is 0.328 e. The third-order valence-electron chi connectivity index (χ3n) is 2.57. The predicted octanol–water partition coefficient (Wildman–Crippen LogP) is -0.783. The number of carboxylic acids is 1. The minimum atomic E-state index is -1.43. The van der Waals surface area contributed by atoms with E-state index in [2.05, 4.69) is 10.4 Å². The second kappa shape index (κ2) is 6.80. The van der Waals surface area contributed by atoms with Crippen LogP contribution >= 0.6 is 0 Å². The van der Waals surface area contributed by atoms with Crippen molar-refractivity contribution in [3.63, 3.8) is 0 Å². The highest BCUT2D eigenvalue weighted by Crippen LogP contribution is 1.98. The first kappa shape index (κ1) is 15.8. The molecule has 0 unspecified atom stereocenters. The van der Waals surface area contributed by atoms with Crippen molar-refractivity contribution in [3.05, 3.63) is 28.2 Å². The largest absolute Gasteiger partial charge is 0.480 e. The van der Waals surface area contributed by atoms with E-state index in [4.69, 9.17) is 5.11 Å². The van der Waals surface area contributed by atoms with Crippen molar-refractivity contribution >= 4 is 11.9 Å². The van der Waals surface area contributed by atoms with Crippen LogP contribution in [-0.2, 0) is 11.3 Å². The topological polar surface area (TPSA) is 122 Å². The normalized spacial score (nSPS) is 13.6. The first-order valence-electron chi connectivity index (χ1n) is 6.16. The number of aromatic nitrogens is 2. The van der Waals surface area contributed by atoms with E-state index < -0.39 is 24.0 Å². The summed E-state index contributed by atoms with van der Waals surface area (Å²) in [6.07, 6.45) is -0.582. The minimum Gasteiger partial charge on any atom is -0.480 e. The second-order valence-corrected chi connectivity index (χ2v) is 4.31. The van der Waals surface area contributed by atoms with E-state index in [0.717, 1.165) is 4.68 Å². The summed E-state index contributed by atoms with van der Waals surface area (Å²) < 4.78 is 1.13. The number of aliphatic carboxylic acids is 1. The molecule has 3 N–H and O–H groups in total. The molecule has 0 fully saturated rings. The lowest BCUT2D eigenvalue weighted by molar-refractivity contribution is -0.141. The van der Waals surface area contributed by atoms with Crippen molar-refractivity contribution in [1.29, 1.82) is 0 Å². The van der Waals surface area contributed by atoms with Gasteiger partial charge < -0.3 is 15.5 Å². The molecule has 0 aliphatic heterocycles. The molecule has 8 heteroatoms. The first-order valence-corrected chi connectivity index (χ1v) is 6.16. The number of rotatable bonds is 6. The number of nitrogens with zero attached hydrogens (tertiary/aromatic N) is 2. The number of hydrogen-bond acceptors (Lipinski definition) is 5. The molecule has 1 rings (SSSR count). The molecule has 20 heavy (non-hydrogen) atoms. The van der Waals surface area contributed by atoms with Crippen LogP contribution < -0.4 is 10.9 Å². The van der Waals surface area contributed by atoms with Crippen LogP contribution in [0.4, 0.5) is 0 Å². The Hall–Kier alpha value is -2.22. The number of aliphatic hydroxyl groups is 1. The molecule has 0 saturated carbocycles. The van der Waals surface area contributed by atoms with E-state index in [1.165, 1.54) is 19.1 Å². The molecule has 0 bridgehead atoms. The number of nitrogens with one attached hydrogen (secondary N) is 1. The smallest absolute Gasteiger partial charge is 0.328 e. The van der Waals surface area contributed by atoms with Gasteiger partial charge in [-0.3, -0.25) is 9.59 Å². The van der Waals surface area contributed by atoms with Crippen molar-refractivity contribution in [2.75, 3.05) is 0 Å². The Morgan fingerprint density at radius 2 is 2.10 bits per heavy atom. The Morgan fingerprint density at radius 3 is 2.60 bits per heavy atom. The van der Waals surface area contributed by atoms with Gasteiger partial charge >= 0.3 is 5.97 Å². The maximum absolute atomic E-state index is 11.9. The Kier molecular flexibility index (Phi) is 5.39. The summed E-state index contributed by atoms with van der Waals surface area (Å²) in [5.41, 5.74) is -0.418. The van der Waals surface area contributed by atoms with Gasteiger partial charge in [0, 0.05) is 12.6 Å². The molecule has 1 aromatic heterocycles. The highest BCUT2D eigenvalue weighted by Gasteiger charge is 2.26. The van der Waals surface area contributed by atoms with Gasteiger partial charge in [-0.2, -0.15) is 5.10 Å². The number of hydrogen-bond donors (Lipinski definition) is 3. The summed E-state index contributed by atoms with van der Waals surface area (Å²) in [5, 5.41) is 24.2. The summed E-state index contributed by atoms with van der Waals surface area (Å²) in [6, 6.07) is 0.969. The van der Waals surface area contributed by atoms with Crippen molar-refractivity contribution < 1.29 is 19.8 Å². The van der Waals surface area contributed by atoms with E-state index >= 15 is 0 Å². The number of amides is 1. The zero-order valence-corrected chi connectivity index (χ0v) is 11.2. The summed E-state index contributed by atoms with van der Waals surface area (Å²) in [4.78, 5) is 34.2. The molecular formula is C12H17N3O5. The quantitative estimate of drug-likeness (QED) is 0.629. The summed E-state index contributed by atoms with van der Waals surface area (Å²) in [7, 11) is 0. The summed E-state index contributed by atoms with van der Waals surface area (Å²) in [5.74, 6) is -2.11. The van der Waals surface area contributed by atoms with Crippen molar-refractivity contribution in [2.45, 2.75) is 39.0 Å². The number of carbonyl (C=O) groups is 2. The number of carbonyl (C=O) groups excluding carboxylic acids is 1. The van der Waals surface area contributed by atoms with Gasteiger partial charge in [-0.15, -0.1) is 0 Å². The van der Waals surface area contributed by atoms with Crippen LogP contribution in [0.5, 0.6) is 0 Å². The van der Waals surface area contributed by atoms with Crippen molar-refractivity contribution in [3.8, 4) is 0 Å². The van der Waals surface area contributed by atoms with Gasteiger partial charge in [0.25, 0.3) is 11.5 Å². The monoisotopic (exact) mass is 283 g/mol. The molecule has 0 aliphatic carbocycles. The minimum absolute atomic E-state index is 0.0787. The van der Waals surface area contributed by atoms with Crippen LogP contribution in [0.15, 0.2) is 16.9 Å². The number of aliphatic hydroxyl groups excluding tert-OH is 1. The van der Waals surface area contributed by atoms with Gasteiger partial charge in [0.1, 0.15) is 5.69 Å². The van der Waals surface area contributed by atoms with E-state index in [9.17, 15) is 19.5 Å². The molecule has 1 aromatic rings. The summed E-state index contributed by atoms with van der Waals surface area (Å²) in [6.45, 7) is 3.47. The second-order valence-electron chi connectivity index (χ2n) is 4.31. The lowest BCUT2D eigenvalue weighted by atomic mass is 10.2. The van der Waals surface area contributed by atoms with Crippen LogP contribution in [0.3, 0.4) is 0 Å². The van der Waals surface area contributed by atoms with Crippen LogP contribution in [0.2, 0.25) is 0 Å². The Labute approximate surface area is 115 Å². The third-order valence-corrected chi connectivity index (χ3v) is 2.57. The lowest BCUT2D eigenvalue weighted by Gasteiger charge is -2.16. The van der Waals surface area contributed by atoms with Gasteiger partial charge in [-0.1, -0.05) is 6.92 Å². The van der Waals surface area contributed by atoms with Gasteiger partial charge in [-0.25, -0.2) is 9.48 Å². The molecular weight excluding hydrogens is 266 g/mol. The maximum atomic E-state index is 11.9. The molecule has 2 atom stereocenters. The highest BCUT2D eigenvalue weighted by atomic mass is 16.4. The molecule has 0 aromatic carbocycles. The lowest BCUT2D eigenvalue weighted by Crippen LogP contribution is -2.48.